The summed E-state index contributed by atoms with van der Waals surface area (Å²) in [6.45, 7) is 2.46. The van der Waals surface area contributed by atoms with Crippen molar-refractivity contribution < 1.29 is 9.94 Å². The summed E-state index contributed by atoms with van der Waals surface area (Å²) < 4.78 is 5.71. The van der Waals surface area contributed by atoms with Gasteiger partial charge in [-0.25, -0.2) is 4.98 Å². The molecule has 1 aromatic carbocycles. The first-order chi connectivity index (χ1) is 9.20. The number of ether oxygens (including phenoxy) is 1. The molecule has 0 fully saturated rings. The quantitative estimate of drug-likeness (QED) is 0.284. The smallest absolute Gasteiger partial charge is 0.145 e. The van der Waals surface area contributed by atoms with Crippen LogP contribution in [-0.2, 0) is 0 Å². The van der Waals surface area contributed by atoms with E-state index in [1.165, 1.54) is 0 Å². The molecule has 1 aromatic heterocycles. The highest BCUT2D eigenvalue weighted by Crippen LogP contribution is 2.24. The van der Waals surface area contributed by atoms with Gasteiger partial charge in [0.1, 0.15) is 17.1 Å². The van der Waals surface area contributed by atoms with Crippen molar-refractivity contribution in [2.75, 3.05) is 6.61 Å². The Bertz CT molecular complexity index is 596. The average Bonchev–Trinajstić information content (AvgIpc) is 2.43. The number of pyridine rings is 1. The van der Waals surface area contributed by atoms with Crippen LogP contribution in [0.4, 0.5) is 0 Å². The van der Waals surface area contributed by atoms with E-state index >= 15 is 0 Å². The van der Waals surface area contributed by atoms with Gasteiger partial charge in [0, 0.05) is 17.5 Å². The zero-order valence-electron chi connectivity index (χ0n) is 10.8. The van der Waals surface area contributed by atoms with Crippen molar-refractivity contribution in [1.29, 1.82) is 0 Å². The Morgan fingerprint density at radius 1 is 1.37 bits per heavy atom. The van der Waals surface area contributed by atoms with Crippen molar-refractivity contribution in [3.63, 3.8) is 0 Å². The van der Waals surface area contributed by atoms with Crippen molar-refractivity contribution in [1.82, 2.24) is 4.98 Å². The Morgan fingerprint density at radius 3 is 3.00 bits per heavy atom. The Morgan fingerprint density at radius 2 is 2.21 bits per heavy atom. The van der Waals surface area contributed by atoms with E-state index in [0.717, 1.165) is 22.3 Å². The van der Waals surface area contributed by atoms with Gasteiger partial charge >= 0.3 is 0 Å². The molecule has 0 unspecified atom stereocenters. The molecule has 5 nitrogen and oxygen atoms in total. The molecule has 2 aromatic rings. The van der Waals surface area contributed by atoms with E-state index in [1.807, 2.05) is 37.3 Å². The Kier molecular flexibility index (Phi) is 4.18. The van der Waals surface area contributed by atoms with E-state index in [2.05, 4.69) is 10.1 Å². The normalized spacial score (nSPS) is 11.7. The Labute approximate surface area is 111 Å². The maximum atomic E-state index is 8.44. The molecule has 0 aliphatic heterocycles. The average molecular weight is 259 g/mol. The number of aromatic nitrogens is 1. The molecule has 0 bridgehead atoms. The number of amidine groups is 1. The number of nitrogens with two attached hydrogens (primary N) is 1. The minimum atomic E-state index is 0.218. The van der Waals surface area contributed by atoms with E-state index in [1.54, 1.807) is 0 Å². The number of hydrogen-bond acceptors (Lipinski definition) is 4. The maximum Gasteiger partial charge on any atom is 0.145 e. The van der Waals surface area contributed by atoms with Crippen molar-refractivity contribution in [3.8, 4) is 5.75 Å². The molecule has 3 N–H and O–H groups in total. The summed E-state index contributed by atoms with van der Waals surface area (Å²) >= 11 is 0. The minimum Gasteiger partial charge on any atom is -0.491 e. The second kappa shape index (κ2) is 6.04. The van der Waals surface area contributed by atoms with Crippen LogP contribution in [0, 0.1) is 6.92 Å². The largest absolute Gasteiger partial charge is 0.491 e. The van der Waals surface area contributed by atoms with Crippen LogP contribution in [0.1, 0.15) is 18.5 Å². The summed E-state index contributed by atoms with van der Waals surface area (Å²) in [7, 11) is 0. The zero-order chi connectivity index (χ0) is 13.7. The highest BCUT2D eigenvalue weighted by atomic mass is 16.5. The number of benzene rings is 1. The van der Waals surface area contributed by atoms with Gasteiger partial charge in [0.2, 0.25) is 0 Å². The fourth-order valence-corrected chi connectivity index (χ4v) is 1.82. The third-order valence-electron chi connectivity index (χ3n) is 2.79. The predicted molar refractivity (Wildman–Crippen MR) is 74.6 cm³/mol. The SMILES string of the molecule is Cc1ccc2cccc(OCCC/C(N)=N/O)c2n1. The molecular formula is C14H17N3O2. The van der Waals surface area contributed by atoms with Crippen molar-refractivity contribution in [3.05, 3.63) is 36.0 Å². The fourth-order valence-electron chi connectivity index (χ4n) is 1.82. The van der Waals surface area contributed by atoms with Gasteiger partial charge in [-0.15, -0.1) is 0 Å². The molecule has 0 saturated heterocycles. The van der Waals surface area contributed by atoms with Crippen LogP contribution < -0.4 is 10.5 Å². The van der Waals surface area contributed by atoms with Gasteiger partial charge in [0.05, 0.1) is 6.61 Å². The number of aryl methyl sites for hydroxylation is 1. The second-order valence-corrected chi connectivity index (χ2v) is 4.32. The van der Waals surface area contributed by atoms with E-state index in [4.69, 9.17) is 15.7 Å². The molecule has 0 aliphatic carbocycles. The van der Waals surface area contributed by atoms with Crippen LogP contribution in [0.5, 0.6) is 5.75 Å². The zero-order valence-corrected chi connectivity index (χ0v) is 10.8. The van der Waals surface area contributed by atoms with Crippen LogP contribution in [0.15, 0.2) is 35.5 Å². The summed E-state index contributed by atoms with van der Waals surface area (Å²) in [5.41, 5.74) is 7.22. The van der Waals surface area contributed by atoms with Crippen LogP contribution in [0.25, 0.3) is 10.9 Å². The number of nitrogens with zero attached hydrogens (tertiary/aromatic N) is 2. The second-order valence-electron chi connectivity index (χ2n) is 4.32. The lowest BCUT2D eigenvalue weighted by Gasteiger charge is -2.08. The van der Waals surface area contributed by atoms with Gasteiger partial charge in [0.15, 0.2) is 0 Å². The highest BCUT2D eigenvalue weighted by Gasteiger charge is 2.04. The third-order valence-corrected chi connectivity index (χ3v) is 2.79. The maximum absolute atomic E-state index is 8.44. The Hall–Kier alpha value is -2.30. The van der Waals surface area contributed by atoms with Crippen LogP contribution in [-0.4, -0.2) is 22.6 Å². The molecule has 0 spiro atoms. The van der Waals surface area contributed by atoms with E-state index < -0.39 is 0 Å². The molecule has 0 radical (unpaired) electrons. The van der Waals surface area contributed by atoms with Gasteiger partial charge in [-0.2, -0.15) is 0 Å². The number of rotatable bonds is 5. The van der Waals surface area contributed by atoms with E-state index in [9.17, 15) is 0 Å². The van der Waals surface area contributed by atoms with E-state index in [0.29, 0.717) is 19.4 Å². The number of para-hydroxylation sites is 1. The summed E-state index contributed by atoms with van der Waals surface area (Å²) in [4.78, 5) is 4.49. The lowest BCUT2D eigenvalue weighted by atomic mass is 10.2. The van der Waals surface area contributed by atoms with Crippen LogP contribution >= 0.6 is 0 Å². The number of oxime groups is 1. The predicted octanol–water partition coefficient (Wildman–Crippen LogP) is 2.45. The summed E-state index contributed by atoms with van der Waals surface area (Å²) in [5, 5.41) is 12.4. The van der Waals surface area contributed by atoms with Crippen molar-refractivity contribution in [2.24, 2.45) is 10.9 Å². The van der Waals surface area contributed by atoms with E-state index in [-0.39, 0.29) is 5.84 Å². The van der Waals surface area contributed by atoms with Gasteiger partial charge in [-0.05, 0) is 25.5 Å². The van der Waals surface area contributed by atoms with Crippen LogP contribution in [0.2, 0.25) is 0 Å². The molecule has 0 atom stereocenters. The van der Waals surface area contributed by atoms with Gasteiger partial charge < -0.3 is 15.7 Å². The number of fused-ring (bicyclic) bond motifs is 1. The van der Waals surface area contributed by atoms with Gasteiger partial charge in [-0.3, -0.25) is 0 Å². The molecule has 0 saturated carbocycles. The minimum absolute atomic E-state index is 0.218. The molecule has 1 heterocycles. The van der Waals surface area contributed by atoms with Gasteiger partial charge in [-0.1, -0.05) is 23.4 Å². The first-order valence-electron chi connectivity index (χ1n) is 6.16. The summed E-state index contributed by atoms with van der Waals surface area (Å²) in [5.74, 6) is 0.983. The van der Waals surface area contributed by atoms with Crippen molar-refractivity contribution >= 4 is 16.7 Å². The molecular weight excluding hydrogens is 242 g/mol. The molecule has 19 heavy (non-hydrogen) atoms. The first kappa shape index (κ1) is 13.1. The van der Waals surface area contributed by atoms with Crippen molar-refractivity contribution in [2.45, 2.75) is 19.8 Å². The molecule has 0 amide bonds. The summed E-state index contributed by atoms with van der Waals surface area (Å²) in [6.07, 6.45) is 1.20. The lowest BCUT2D eigenvalue weighted by Crippen LogP contribution is -2.12. The molecule has 2 rings (SSSR count). The molecule has 5 heteroatoms. The number of hydrogen-bond donors (Lipinski definition) is 2. The fraction of sp³-hybridized carbons (Fsp3) is 0.286. The van der Waals surface area contributed by atoms with Gasteiger partial charge in [0.25, 0.3) is 0 Å². The molecule has 100 valence electrons. The summed E-state index contributed by atoms with van der Waals surface area (Å²) in [6, 6.07) is 9.85. The topological polar surface area (TPSA) is 80.7 Å². The standard InChI is InChI=1S/C14H17N3O2/c1-10-7-8-11-4-2-5-12(14(11)16-10)19-9-3-6-13(15)17-18/h2,4-5,7-8,18H,3,6,9H2,1H3,(H2,15,17). The van der Waals surface area contributed by atoms with Crippen LogP contribution in [0.3, 0.4) is 0 Å². The lowest BCUT2D eigenvalue weighted by molar-refractivity contribution is 0.307. The first-order valence-corrected chi connectivity index (χ1v) is 6.16. The Balaban J connectivity index is 2.06. The monoisotopic (exact) mass is 259 g/mol. The highest BCUT2D eigenvalue weighted by molar-refractivity contribution is 5.84. The molecule has 0 aliphatic rings. The third kappa shape index (κ3) is 3.34.